The molecule has 4 fully saturated rings. The Morgan fingerprint density at radius 2 is 1.74 bits per heavy atom. The van der Waals surface area contributed by atoms with Gasteiger partial charge in [0.15, 0.2) is 0 Å². The third-order valence-electron chi connectivity index (χ3n) is 8.34. The number of imidazole rings is 1. The minimum absolute atomic E-state index is 0.175. The first kappa shape index (κ1) is 19.1. The SMILES string of the molecule is C[C@H](c1ccccc1)c1nc2ccc(NC(=O)CC3C4CC5CC(C4)CC3C5)cc2[nH]1. The van der Waals surface area contributed by atoms with Crippen molar-refractivity contribution in [3.63, 3.8) is 0 Å². The van der Waals surface area contributed by atoms with E-state index in [2.05, 4.69) is 41.5 Å². The van der Waals surface area contributed by atoms with Crippen molar-refractivity contribution in [3.8, 4) is 0 Å². The lowest BCUT2D eigenvalue weighted by molar-refractivity contribution is -0.121. The molecule has 1 atom stereocenters. The van der Waals surface area contributed by atoms with E-state index in [0.717, 1.165) is 46.2 Å². The van der Waals surface area contributed by atoms with Gasteiger partial charge in [-0.3, -0.25) is 4.79 Å². The predicted molar refractivity (Wildman–Crippen MR) is 124 cm³/mol. The zero-order valence-electron chi connectivity index (χ0n) is 18.2. The van der Waals surface area contributed by atoms with E-state index in [1.807, 2.05) is 24.3 Å². The van der Waals surface area contributed by atoms with Crippen LogP contribution < -0.4 is 5.32 Å². The maximum atomic E-state index is 12.9. The van der Waals surface area contributed by atoms with Crippen molar-refractivity contribution in [2.75, 3.05) is 5.32 Å². The monoisotopic (exact) mass is 413 g/mol. The van der Waals surface area contributed by atoms with Crippen LogP contribution in [0.1, 0.15) is 62.8 Å². The van der Waals surface area contributed by atoms with Crippen molar-refractivity contribution >= 4 is 22.6 Å². The van der Waals surface area contributed by atoms with Crippen LogP contribution in [0.4, 0.5) is 5.69 Å². The minimum Gasteiger partial charge on any atom is -0.341 e. The van der Waals surface area contributed by atoms with E-state index in [9.17, 15) is 4.79 Å². The minimum atomic E-state index is 0.175. The predicted octanol–water partition coefficient (Wildman–Crippen LogP) is 6.12. The summed E-state index contributed by atoms with van der Waals surface area (Å²) in [5.74, 6) is 5.42. The molecule has 31 heavy (non-hydrogen) atoms. The van der Waals surface area contributed by atoms with Crippen molar-refractivity contribution in [2.45, 2.75) is 51.4 Å². The Bertz CT molecular complexity index is 1070. The average molecular weight is 414 g/mol. The van der Waals surface area contributed by atoms with Crippen LogP contribution >= 0.6 is 0 Å². The number of aromatic amines is 1. The quantitative estimate of drug-likeness (QED) is 0.530. The summed E-state index contributed by atoms with van der Waals surface area (Å²) in [6, 6.07) is 16.4. The second-order valence-electron chi connectivity index (χ2n) is 10.3. The number of nitrogens with one attached hydrogen (secondary N) is 2. The number of carbonyl (C=O) groups excluding carboxylic acids is 1. The van der Waals surface area contributed by atoms with Crippen LogP contribution in [-0.2, 0) is 4.79 Å². The molecule has 4 heteroatoms. The molecule has 4 aliphatic carbocycles. The van der Waals surface area contributed by atoms with E-state index in [1.54, 1.807) is 0 Å². The number of nitrogens with zero attached hydrogens (tertiary/aromatic N) is 1. The number of benzene rings is 2. The standard InChI is InChI=1S/C27H31N3O/c1-16(19-5-3-2-4-6-19)27-29-24-8-7-22(14-25(24)30-27)28-26(31)15-23-20-10-17-9-18(12-20)13-21(23)11-17/h2-8,14,16-18,20-21,23H,9-13,15H2,1H3,(H,28,31)(H,29,30)/t16-,17?,18?,20?,21?,23?/m1/s1. The first-order chi connectivity index (χ1) is 15.1. The molecule has 1 heterocycles. The van der Waals surface area contributed by atoms with E-state index in [1.165, 1.54) is 37.7 Å². The first-order valence-electron chi connectivity index (χ1n) is 12.0. The van der Waals surface area contributed by atoms with Crippen LogP contribution in [0.2, 0.25) is 0 Å². The topological polar surface area (TPSA) is 57.8 Å². The van der Waals surface area contributed by atoms with E-state index in [0.29, 0.717) is 12.3 Å². The van der Waals surface area contributed by atoms with E-state index in [4.69, 9.17) is 4.98 Å². The summed E-state index contributed by atoms with van der Waals surface area (Å²) in [5, 5.41) is 3.18. The van der Waals surface area contributed by atoms with Gasteiger partial charge < -0.3 is 10.3 Å². The van der Waals surface area contributed by atoms with E-state index in [-0.39, 0.29) is 11.8 Å². The zero-order chi connectivity index (χ0) is 20.9. The summed E-state index contributed by atoms with van der Waals surface area (Å²) in [6.45, 7) is 2.17. The molecule has 0 aliphatic heterocycles. The van der Waals surface area contributed by atoms with Gasteiger partial charge in [0, 0.05) is 18.0 Å². The number of hydrogen-bond acceptors (Lipinski definition) is 2. The molecular weight excluding hydrogens is 382 g/mol. The molecule has 7 rings (SSSR count). The molecule has 0 saturated heterocycles. The summed E-state index contributed by atoms with van der Waals surface area (Å²) in [4.78, 5) is 21.2. The van der Waals surface area contributed by atoms with Crippen LogP contribution in [0.3, 0.4) is 0 Å². The summed E-state index contributed by atoms with van der Waals surface area (Å²) in [5.41, 5.74) is 4.02. The normalized spacial score (nSPS) is 29.9. The van der Waals surface area contributed by atoms with Gasteiger partial charge in [-0.1, -0.05) is 37.3 Å². The Labute approximate surface area is 183 Å². The summed E-state index contributed by atoms with van der Waals surface area (Å²) in [6.07, 6.45) is 7.62. The summed E-state index contributed by atoms with van der Waals surface area (Å²) in [7, 11) is 0. The number of anilines is 1. The second-order valence-corrected chi connectivity index (χ2v) is 10.3. The van der Waals surface area contributed by atoms with Crippen molar-refractivity contribution in [2.24, 2.45) is 29.6 Å². The van der Waals surface area contributed by atoms with Gasteiger partial charge in [-0.25, -0.2) is 4.98 Å². The van der Waals surface area contributed by atoms with Gasteiger partial charge in [-0.2, -0.15) is 0 Å². The fraction of sp³-hybridized carbons (Fsp3) is 0.481. The second kappa shape index (κ2) is 7.51. The smallest absolute Gasteiger partial charge is 0.224 e. The van der Waals surface area contributed by atoms with Crippen LogP contribution in [0.15, 0.2) is 48.5 Å². The van der Waals surface area contributed by atoms with Gasteiger partial charge in [0.2, 0.25) is 5.91 Å². The zero-order valence-corrected chi connectivity index (χ0v) is 18.2. The Hall–Kier alpha value is -2.62. The summed E-state index contributed by atoms with van der Waals surface area (Å²) >= 11 is 0. The van der Waals surface area contributed by atoms with Gasteiger partial charge in [0.05, 0.1) is 11.0 Å². The lowest BCUT2D eigenvalue weighted by Crippen LogP contribution is -2.46. The van der Waals surface area contributed by atoms with Gasteiger partial charge >= 0.3 is 0 Å². The molecule has 1 aromatic heterocycles. The third-order valence-corrected chi connectivity index (χ3v) is 8.34. The average Bonchev–Trinajstić information content (AvgIpc) is 3.19. The van der Waals surface area contributed by atoms with Crippen LogP contribution in [-0.4, -0.2) is 15.9 Å². The lowest BCUT2D eigenvalue weighted by Gasteiger charge is -2.54. The number of carbonyl (C=O) groups is 1. The molecule has 2 N–H and O–H groups in total. The highest BCUT2D eigenvalue weighted by atomic mass is 16.1. The maximum Gasteiger partial charge on any atom is 0.224 e. The van der Waals surface area contributed by atoms with Crippen molar-refractivity contribution < 1.29 is 4.79 Å². The Kier molecular flexibility index (Phi) is 4.62. The Balaban J connectivity index is 1.15. The highest BCUT2D eigenvalue weighted by molar-refractivity contribution is 5.93. The molecule has 0 spiro atoms. The fourth-order valence-corrected chi connectivity index (χ4v) is 7.01. The van der Waals surface area contributed by atoms with Gasteiger partial charge in [-0.15, -0.1) is 0 Å². The number of amides is 1. The lowest BCUT2D eigenvalue weighted by atomic mass is 9.51. The Morgan fingerprint density at radius 3 is 2.45 bits per heavy atom. The largest absolute Gasteiger partial charge is 0.341 e. The number of hydrogen-bond donors (Lipinski definition) is 2. The fourth-order valence-electron chi connectivity index (χ4n) is 7.01. The summed E-state index contributed by atoms with van der Waals surface area (Å²) < 4.78 is 0. The molecule has 0 radical (unpaired) electrons. The molecular formula is C27H31N3O. The molecule has 4 bridgehead atoms. The molecule has 160 valence electrons. The number of aromatic nitrogens is 2. The number of rotatable bonds is 5. The third kappa shape index (κ3) is 3.56. The highest BCUT2D eigenvalue weighted by Crippen LogP contribution is 2.57. The van der Waals surface area contributed by atoms with Gasteiger partial charge in [-0.05, 0) is 85.5 Å². The molecule has 1 amide bonds. The van der Waals surface area contributed by atoms with Crippen molar-refractivity contribution in [1.29, 1.82) is 0 Å². The van der Waals surface area contributed by atoms with Crippen molar-refractivity contribution in [3.05, 3.63) is 59.9 Å². The molecule has 4 aliphatic rings. The highest BCUT2D eigenvalue weighted by Gasteiger charge is 2.48. The Morgan fingerprint density at radius 1 is 1.03 bits per heavy atom. The number of H-pyrrole nitrogens is 1. The van der Waals surface area contributed by atoms with E-state index < -0.39 is 0 Å². The van der Waals surface area contributed by atoms with Crippen molar-refractivity contribution in [1.82, 2.24) is 9.97 Å². The molecule has 3 aromatic rings. The van der Waals surface area contributed by atoms with Gasteiger partial charge in [0.25, 0.3) is 0 Å². The van der Waals surface area contributed by atoms with Gasteiger partial charge in [0.1, 0.15) is 5.82 Å². The molecule has 4 saturated carbocycles. The molecule has 4 nitrogen and oxygen atoms in total. The first-order valence-corrected chi connectivity index (χ1v) is 12.0. The molecule has 2 aromatic carbocycles. The number of fused-ring (bicyclic) bond motifs is 1. The van der Waals surface area contributed by atoms with Crippen LogP contribution in [0.25, 0.3) is 11.0 Å². The van der Waals surface area contributed by atoms with Crippen LogP contribution in [0.5, 0.6) is 0 Å². The van der Waals surface area contributed by atoms with Crippen LogP contribution in [0, 0.1) is 29.6 Å². The van der Waals surface area contributed by atoms with E-state index >= 15 is 0 Å². The molecule has 0 unspecified atom stereocenters. The maximum absolute atomic E-state index is 12.9.